The molecular weight excluding hydrogens is 541 g/mol. The van der Waals surface area contributed by atoms with Gasteiger partial charge in [0.15, 0.2) is 0 Å². The lowest BCUT2D eigenvalue weighted by atomic mass is 10.1. The van der Waals surface area contributed by atoms with Gasteiger partial charge in [0.2, 0.25) is 11.8 Å². The SMILES string of the molecule is C[C@@H](C(=O)NC1CCCC1)N(Cc1ccccc1Cl)C(=O)CN(c1ccc(F)cc1)S(=O)(=O)c1ccccc1. The number of hydrogen-bond donors (Lipinski definition) is 1. The predicted molar refractivity (Wildman–Crippen MR) is 149 cm³/mol. The molecule has 4 rings (SSSR count). The zero-order valence-electron chi connectivity index (χ0n) is 21.6. The maximum absolute atomic E-state index is 13.9. The summed E-state index contributed by atoms with van der Waals surface area (Å²) >= 11 is 6.38. The summed E-state index contributed by atoms with van der Waals surface area (Å²) in [6.45, 7) is 1.02. The van der Waals surface area contributed by atoms with Crippen LogP contribution in [0.3, 0.4) is 0 Å². The minimum absolute atomic E-state index is 0.000399. The molecule has 0 radical (unpaired) electrons. The van der Waals surface area contributed by atoms with Crippen molar-refractivity contribution in [2.24, 2.45) is 0 Å². The third-order valence-corrected chi connectivity index (χ3v) is 9.05. The molecule has 2 amide bonds. The number of nitrogens with zero attached hydrogens (tertiary/aromatic N) is 2. The van der Waals surface area contributed by atoms with Gasteiger partial charge in [-0.3, -0.25) is 13.9 Å². The monoisotopic (exact) mass is 571 g/mol. The van der Waals surface area contributed by atoms with Gasteiger partial charge in [0.05, 0.1) is 10.6 Å². The van der Waals surface area contributed by atoms with Gasteiger partial charge < -0.3 is 10.2 Å². The average molecular weight is 572 g/mol. The fraction of sp³-hybridized carbons (Fsp3) is 0.310. The first-order valence-electron chi connectivity index (χ1n) is 12.8. The molecule has 10 heteroatoms. The normalized spacial score (nSPS) is 14.5. The van der Waals surface area contributed by atoms with E-state index in [1.165, 1.54) is 29.2 Å². The fourth-order valence-corrected chi connectivity index (χ4v) is 6.27. The van der Waals surface area contributed by atoms with Crippen LogP contribution in [0.1, 0.15) is 38.2 Å². The summed E-state index contributed by atoms with van der Waals surface area (Å²) in [7, 11) is -4.20. The van der Waals surface area contributed by atoms with Crippen LogP contribution in [0.5, 0.6) is 0 Å². The molecule has 1 atom stereocenters. The average Bonchev–Trinajstić information content (AvgIpc) is 3.45. The van der Waals surface area contributed by atoms with Crippen LogP contribution in [0.2, 0.25) is 5.02 Å². The van der Waals surface area contributed by atoms with Crippen molar-refractivity contribution in [1.82, 2.24) is 10.2 Å². The van der Waals surface area contributed by atoms with Gasteiger partial charge in [-0.1, -0.05) is 60.8 Å². The predicted octanol–water partition coefficient (Wildman–Crippen LogP) is 5.15. The fourth-order valence-electron chi connectivity index (χ4n) is 4.64. The Labute approximate surface area is 233 Å². The van der Waals surface area contributed by atoms with E-state index in [-0.39, 0.29) is 29.1 Å². The zero-order valence-corrected chi connectivity index (χ0v) is 23.2. The summed E-state index contributed by atoms with van der Waals surface area (Å²) in [5.74, 6) is -1.46. The van der Waals surface area contributed by atoms with E-state index in [1.54, 1.807) is 49.4 Å². The maximum atomic E-state index is 13.9. The number of benzene rings is 3. The number of nitrogens with one attached hydrogen (secondary N) is 1. The third-order valence-electron chi connectivity index (χ3n) is 6.89. The third kappa shape index (κ3) is 6.96. The lowest BCUT2D eigenvalue weighted by molar-refractivity contribution is -0.139. The van der Waals surface area contributed by atoms with Crippen LogP contribution < -0.4 is 9.62 Å². The van der Waals surface area contributed by atoms with E-state index in [0.717, 1.165) is 42.1 Å². The standard InChI is InChI=1S/C29H31ClFN3O4S/c1-21(29(36)32-24-10-6-7-11-24)33(19-22-9-5-8-14-27(22)30)28(35)20-34(25-17-15-23(31)16-18-25)39(37,38)26-12-3-2-4-13-26/h2-5,8-9,12-18,21,24H,6-7,10-11,19-20H2,1H3,(H,32,36)/t21-/m0/s1. The minimum Gasteiger partial charge on any atom is -0.352 e. The summed E-state index contributed by atoms with van der Waals surface area (Å²) in [4.78, 5) is 28.4. The molecule has 0 bridgehead atoms. The van der Waals surface area contributed by atoms with Crippen LogP contribution in [0.25, 0.3) is 0 Å². The summed E-state index contributed by atoms with van der Waals surface area (Å²) < 4.78 is 42.0. The lowest BCUT2D eigenvalue weighted by Crippen LogP contribution is -2.52. The van der Waals surface area contributed by atoms with Crippen LogP contribution in [0.4, 0.5) is 10.1 Å². The van der Waals surface area contributed by atoms with Crippen molar-refractivity contribution in [3.63, 3.8) is 0 Å². The Morgan fingerprint density at radius 1 is 0.974 bits per heavy atom. The summed E-state index contributed by atoms with van der Waals surface area (Å²) in [5, 5.41) is 3.44. The number of carbonyl (C=O) groups is 2. The van der Waals surface area contributed by atoms with Crippen LogP contribution in [-0.2, 0) is 26.2 Å². The van der Waals surface area contributed by atoms with Crippen LogP contribution in [-0.4, -0.2) is 43.8 Å². The molecule has 1 N–H and O–H groups in total. The second kappa shape index (κ2) is 12.6. The smallest absolute Gasteiger partial charge is 0.264 e. The van der Waals surface area contributed by atoms with Gasteiger partial charge in [-0.15, -0.1) is 0 Å². The molecule has 206 valence electrons. The minimum atomic E-state index is -4.20. The van der Waals surface area contributed by atoms with Crippen LogP contribution in [0.15, 0.2) is 83.8 Å². The Balaban J connectivity index is 1.68. The Kier molecular flexibility index (Phi) is 9.24. The van der Waals surface area contributed by atoms with Crippen LogP contribution in [0, 0.1) is 5.82 Å². The lowest BCUT2D eigenvalue weighted by Gasteiger charge is -2.32. The molecule has 0 aliphatic heterocycles. The molecule has 1 aliphatic carbocycles. The molecule has 0 spiro atoms. The molecule has 0 unspecified atom stereocenters. The van der Waals surface area contributed by atoms with Gasteiger partial charge in [-0.25, -0.2) is 12.8 Å². The maximum Gasteiger partial charge on any atom is 0.264 e. The number of carbonyl (C=O) groups excluding carboxylic acids is 2. The zero-order chi connectivity index (χ0) is 28.0. The molecule has 1 fully saturated rings. The molecule has 7 nitrogen and oxygen atoms in total. The van der Waals surface area contributed by atoms with Crippen molar-refractivity contribution in [2.45, 2.75) is 56.1 Å². The van der Waals surface area contributed by atoms with Crippen molar-refractivity contribution >= 4 is 39.1 Å². The van der Waals surface area contributed by atoms with Gasteiger partial charge in [0, 0.05) is 17.6 Å². The number of anilines is 1. The molecule has 0 aromatic heterocycles. The number of halogens is 2. The number of rotatable bonds is 10. The number of hydrogen-bond acceptors (Lipinski definition) is 4. The Hall–Kier alpha value is -3.43. The molecule has 1 saturated carbocycles. The van der Waals surface area contributed by atoms with Crippen molar-refractivity contribution in [3.8, 4) is 0 Å². The van der Waals surface area contributed by atoms with E-state index in [1.807, 2.05) is 0 Å². The topological polar surface area (TPSA) is 86.8 Å². The Morgan fingerprint density at radius 3 is 2.23 bits per heavy atom. The quantitative estimate of drug-likeness (QED) is 0.365. The highest BCUT2D eigenvalue weighted by molar-refractivity contribution is 7.92. The van der Waals surface area contributed by atoms with E-state index in [2.05, 4.69) is 5.32 Å². The van der Waals surface area contributed by atoms with Gasteiger partial charge in [0.25, 0.3) is 10.0 Å². The van der Waals surface area contributed by atoms with Crippen molar-refractivity contribution in [1.29, 1.82) is 0 Å². The molecular formula is C29H31ClFN3O4S. The highest BCUT2D eigenvalue weighted by Gasteiger charge is 2.33. The highest BCUT2D eigenvalue weighted by atomic mass is 35.5. The summed E-state index contributed by atoms with van der Waals surface area (Å²) in [6.07, 6.45) is 3.83. The molecule has 0 heterocycles. The first-order chi connectivity index (χ1) is 18.7. The van der Waals surface area contributed by atoms with E-state index in [0.29, 0.717) is 10.6 Å². The number of amides is 2. The largest absolute Gasteiger partial charge is 0.352 e. The Morgan fingerprint density at radius 2 is 1.59 bits per heavy atom. The van der Waals surface area contributed by atoms with Crippen LogP contribution >= 0.6 is 11.6 Å². The molecule has 39 heavy (non-hydrogen) atoms. The second-order valence-corrected chi connectivity index (χ2v) is 11.8. The summed E-state index contributed by atoms with van der Waals surface area (Å²) in [6, 6.07) is 18.7. The first-order valence-corrected chi connectivity index (χ1v) is 14.6. The van der Waals surface area contributed by atoms with Crippen molar-refractivity contribution < 1.29 is 22.4 Å². The van der Waals surface area contributed by atoms with Gasteiger partial charge in [0.1, 0.15) is 18.4 Å². The summed E-state index contributed by atoms with van der Waals surface area (Å²) in [5.41, 5.74) is 0.738. The van der Waals surface area contributed by atoms with Crippen molar-refractivity contribution in [3.05, 3.63) is 95.3 Å². The molecule has 0 saturated heterocycles. The van der Waals surface area contributed by atoms with Crippen molar-refractivity contribution in [2.75, 3.05) is 10.8 Å². The first kappa shape index (κ1) is 28.6. The van der Waals surface area contributed by atoms with Gasteiger partial charge in [-0.05, 0) is 67.8 Å². The Bertz CT molecular complexity index is 1400. The number of sulfonamides is 1. The molecule has 1 aliphatic rings. The highest BCUT2D eigenvalue weighted by Crippen LogP contribution is 2.26. The van der Waals surface area contributed by atoms with E-state index < -0.39 is 34.3 Å². The molecule has 3 aromatic rings. The van der Waals surface area contributed by atoms with E-state index >= 15 is 0 Å². The second-order valence-electron chi connectivity index (χ2n) is 9.58. The molecule has 3 aromatic carbocycles. The van der Waals surface area contributed by atoms with E-state index in [4.69, 9.17) is 11.6 Å². The van der Waals surface area contributed by atoms with Gasteiger partial charge in [-0.2, -0.15) is 0 Å². The van der Waals surface area contributed by atoms with E-state index in [9.17, 15) is 22.4 Å². The van der Waals surface area contributed by atoms with Gasteiger partial charge >= 0.3 is 0 Å².